The molecule has 1 aliphatic heterocycles. The molecule has 1 aromatic rings. The SMILES string of the molecule is CCNC(=O)CN1CCN(c2nccs2)CC1. The van der Waals surface area contributed by atoms with E-state index in [1.807, 2.05) is 18.5 Å². The molecular formula is C11H18N4OS. The first-order chi connectivity index (χ1) is 8.29. The molecule has 0 spiro atoms. The third-order valence-corrected chi connectivity index (χ3v) is 3.64. The van der Waals surface area contributed by atoms with E-state index in [1.165, 1.54) is 0 Å². The highest BCUT2D eigenvalue weighted by molar-refractivity contribution is 7.13. The highest BCUT2D eigenvalue weighted by Gasteiger charge is 2.19. The fourth-order valence-corrected chi connectivity index (χ4v) is 2.62. The van der Waals surface area contributed by atoms with Crippen LogP contribution < -0.4 is 10.2 Å². The fourth-order valence-electron chi connectivity index (χ4n) is 1.93. The van der Waals surface area contributed by atoms with Gasteiger partial charge in [0.25, 0.3) is 0 Å². The average Bonchev–Trinajstić information content (AvgIpc) is 2.84. The molecule has 0 radical (unpaired) electrons. The number of rotatable bonds is 4. The molecule has 1 aromatic heterocycles. The number of aromatic nitrogens is 1. The molecule has 2 rings (SSSR count). The number of carbonyl (C=O) groups excluding carboxylic acids is 1. The second kappa shape index (κ2) is 5.97. The van der Waals surface area contributed by atoms with Crippen molar-refractivity contribution in [3.05, 3.63) is 11.6 Å². The summed E-state index contributed by atoms with van der Waals surface area (Å²) in [5.74, 6) is 0.121. The predicted octanol–water partition coefficient (Wildman–Crippen LogP) is 0.401. The fraction of sp³-hybridized carbons (Fsp3) is 0.636. The number of nitrogens with one attached hydrogen (secondary N) is 1. The maximum Gasteiger partial charge on any atom is 0.234 e. The molecule has 1 aliphatic rings. The Bertz CT molecular complexity index is 346. The normalized spacial score (nSPS) is 17.1. The Balaban J connectivity index is 1.76. The van der Waals surface area contributed by atoms with Crippen LogP contribution >= 0.6 is 11.3 Å². The lowest BCUT2D eigenvalue weighted by molar-refractivity contribution is -0.122. The Morgan fingerprint density at radius 3 is 2.82 bits per heavy atom. The molecule has 94 valence electrons. The number of hydrogen-bond donors (Lipinski definition) is 1. The molecule has 0 unspecified atom stereocenters. The summed E-state index contributed by atoms with van der Waals surface area (Å²) in [7, 11) is 0. The van der Waals surface area contributed by atoms with Gasteiger partial charge in [-0.1, -0.05) is 0 Å². The highest BCUT2D eigenvalue weighted by atomic mass is 32.1. The van der Waals surface area contributed by atoms with Crippen molar-refractivity contribution in [2.45, 2.75) is 6.92 Å². The van der Waals surface area contributed by atoms with E-state index in [1.54, 1.807) is 11.3 Å². The summed E-state index contributed by atoms with van der Waals surface area (Å²) in [5, 5.41) is 5.91. The topological polar surface area (TPSA) is 48.5 Å². The molecule has 0 aliphatic carbocycles. The Labute approximate surface area is 105 Å². The van der Waals surface area contributed by atoms with Crippen LogP contribution in [0.25, 0.3) is 0 Å². The van der Waals surface area contributed by atoms with Gasteiger partial charge in [-0.3, -0.25) is 9.69 Å². The summed E-state index contributed by atoms with van der Waals surface area (Å²) in [6.45, 7) is 6.92. The number of likely N-dealkylation sites (N-methyl/N-ethyl adjacent to an activating group) is 1. The predicted molar refractivity (Wildman–Crippen MR) is 69.5 cm³/mol. The van der Waals surface area contributed by atoms with E-state index in [0.29, 0.717) is 13.1 Å². The van der Waals surface area contributed by atoms with Gasteiger partial charge in [-0.2, -0.15) is 0 Å². The van der Waals surface area contributed by atoms with Gasteiger partial charge in [0.15, 0.2) is 5.13 Å². The van der Waals surface area contributed by atoms with Crippen molar-refractivity contribution < 1.29 is 4.79 Å². The summed E-state index contributed by atoms with van der Waals surface area (Å²) in [4.78, 5) is 20.2. The second-order valence-electron chi connectivity index (χ2n) is 4.03. The quantitative estimate of drug-likeness (QED) is 0.845. The Morgan fingerprint density at radius 1 is 1.47 bits per heavy atom. The van der Waals surface area contributed by atoms with Gasteiger partial charge >= 0.3 is 0 Å². The molecule has 1 fully saturated rings. The minimum Gasteiger partial charge on any atom is -0.355 e. The van der Waals surface area contributed by atoms with Crippen LogP contribution in [0.15, 0.2) is 11.6 Å². The molecule has 6 heteroatoms. The summed E-state index contributed by atoms with van der Waals surface area (Å²) in [5.41, 5.74) is 0. The Hall–Kier alpha value is -1.14. The number of thiazole rings is 1. The van der Waals surface area contributed by atoms with E-state index in [4.69, 9.17) is 0 Å². The zero-order valence-corrected chi connectivity index (χ0v) is 10.9. The second-order valence-corrected chi connectivity index (χ2v) is 4.90. The van der Waals surface area contributed by atoms with Gasteiger partial charge in [0.2, 0.25) is 5.91 Å². The monoisotopic (exact) mass is 254 g/mol. The van der Waals surface area contributed by atoms with Crippen LogP contribution in [0.3, 0.4) is 0 Å². The Morgan fingerprint density at radius 2 is 2.24 bits per heavy atom. The minimum absolute atomic E-state index is 0.121. The van der Waals surface area contributed by atoms with Crippen LogP contribution in [0.2, 0.25) is 0 Å². The first-order valence-corrected chi connectivity index (χ1v) is 6.81. The van der Waals surface area contributed by atoms with Gasteiger partial charge in [0.1, 0.15) is 0 Å². The molecule has 1 saturated heterocycles. The Kier molecular flexibility index (Phi) is 4.33. The van der Waals surface area contributed by atoms with Crippen LogP contribution in [0.5, 0.6) is 0 Å². The average molecular weight is 254 g/mol. The van der Waals surface area contributed by atoms with E-state index in [9.17, 15) is 4.79 Å². The van der Waals surface area contributed by atoms with Gasteiger partial charge in [-0.15, -0.1) is 11.3 Å². The van der Waals surface area contributed by atoms with Gasteiger partial charge in [-0.05, 0) is 6.92 Å². The molecule has 0 aromatic carbocycles. The molecule has 17 heavy (non-hydrogen) atoms. The van der Waals surface area contributed by atoms with Gasteiger partial charge in [0.05, 0.1) is 6.54 Å². The van der Waals surface area contributed by atoms with E-state index >= 15 is 0 Å². The molecule has 1 N–H and O–H groups in total. The number of piperazine rings is 1. The number of anilines is 1. The zero-order valence-electron chi connectivity index (χ0n) is 10.1. The maximum absolute atomic E-state index is 11.4. The first kappa shape index (κ1) is 12.3. The largest absolute Gasteiger partial charge is 0.355 e. The number of amides is 1. The first-order valence-electron chi connectivity index (χ1n) is 5.93. The summed E-state index contributed by atoms with van der Waals surface area (Å²) in [6, 6.07) is 0. The molecule has 5 nitrogen and oxygen atoms in total. The van der Waals surface area contributed by atoms with Crippen LogP contribution in [0.1, 0.15) is 6.92 Å². The lowest BCUT2D eigenvalue weighted by Crippen LogP contribution is -2.49. The van der Waals surface area contributed by atoms with Crippen molar-refractivity contribution >= 4 is 22.4 Å². The number of carbonyl (C=O) groups is 1. The molecular weight excluding hydrogens is 236 g/mol. The third kappa shape index (κ3) is 3.41. The van der Waals surface area contributed by atoms with E-state index in [-0.39, 0.29) is 5.91 Å². The molecule has 1 amide bonds. The van der Waals surface area contributed by atoms with Crippen LogP contribution in [-0.2, 0) is 4.79 Å². The third-order valence-electron chi connectivity index (χ3n) is 2.80. The number of nitrogens with zero attached hydrogens (tertiary/aromatic N) is 3. The minimum atomic E-state index is 0.121. The summed E-state index contributed by atoms with van der Waals surface area (Å²) < 4.78 is 0. The van der Waals surface area contributed by atoms with Crippen LogP contribution in [0, 0.1) is 0 Å². The van der Waals surface area contributed by atoms with Crippen molar-refractivity contribution in [1.82, 2.24) is 15.2 Å². The van der Waals surface area contributed by atoms with Crippen molar-refractivity contribution in [3.8, 4) is 0 Å². The van der Waals surface area contributed by atoms with Crippen LogP contribution in [-0.4, -0.2) is 55.1 Å². The standard InChI is InChI=1S/C11H18N4OS/c1-2-12-10(16)9-14-4-6-15(7-5-14)11-13-3-8-17-11/h3,8H,2,4-7,9H2,1H3,(H,12,16). The number of hydrogen-bond acceptors (Lipinski definition) is 5. The van der Waals surface area contributed by atoms with E-state index < -0.39 is 0 Å². The van der Waals surface area contributed by atoms with Gasteiger partial charge < -0.3 is 10.2 Å². The summed E-state index contributed by atoms with van der Waals surface area (Å²) >= 11 is 1.67. The highest BCUT2D eigenvalue weighted by Crippen LogP contribution is 2.18. The van der Waals surface area contributed by atoms with E-state index in [0.717, 1.165) is 31.3 Å². The van der Waals surface area contributed by atoms with E-state index in [2.05, 4.69) is 20.1 Å². The molecule has 2 heterocycles. The van der Waals surface area contributed by atoms with Crippen LogP contribution in [0.4, 0.5) is 5.13 Å². The lowest BCUT2D eigenvalue weighted by atomic mass is 10.3. The lowest BCUT2D eigenvalue weighted by Gasteiger charge is -2.34. The van der Waals surface area contributed by atoms with Gasteiger partial charge in [0, 0.05) is 44.3 Å². The van der Waals surface area contributed by atoms with Crippen molar-refractivity contribution in [2.24, 2.45) is 0 Å². The van der Waals surface area contributed by atoms with Crippen molar-refractivity contribution in [2.75, 3.05) is 44.2 Å². The molecule has 0 saturated carbocycles. The van der Waals surface area contributed by atoms with Gasteiger partial charge in [-0.25, -0.2) is 4.98 Å². The molecule has 0 bridgehead atoms. The van der Waals surface area contributed by atoms with Crippen molar-refractivity contribution in [1.29, 1.82) is 0 Å². The smallest absolute Gasteiger partial charge is 0.234 e. The summed E-state index contributed by atoms with van der Waals surface area (Å²) in [6.07, 6.45) is 1.83. The molecule has 0 atom stereocenters. The van der Waals surface area contributed by atoms with Crippen molar-refractivity contribution in [3.63, 3.8) is 0 Å². The maximum atomic E-state index is 11.4. The zero-order chi connectivity index (χ0) is 12.1.